The van der Waals surface area contributed by atoms with Gasteiger partial charge in [-0.15, -0.1) is 5.10 Å². The van der Waals surface area contributed by atoms with E-state index in [0.29, 0.717) is 5.41 Å². The Balaban J connectivity index is 1.59. The number of anilines is 1. The molecule has 1 N–H and O–H groups in total. The topological polar surface area (TPSA) is 37.8 Å². The second-order valence-corrected chi connectivity index (χ2v) is 5.05. The first-order valence-electron chi connectivity index (χ1n) is 5.83. The molecule has 0 aliphatic heterocycles. The van der Waals surface area contributed by atoms with Crippen molar-refractivity contribution in [2.75, 3.05) is 11.9 Å². The number of hydrogen-bond acceptors (Lipinski definition) is 3. The number of hydrogen-bond donors (Lipinski definition) is 1. The number of rotatable bonds is 4. The van der Waals surface area contributed by atoms with Gasteiger partial charge in [-0.2, -0.15) is 5.10 Å². The highest BCUT2D eigenvalue weighted by Gasteiger charge is 2.53. The van der Waals surface area contributed by atoms with E-state index in [-0.39, 0.29) is 0 Å². The molecule has 0 amide bonds. The van der Waals surface area contributed by atoms with Crippen molar-refractivity contribution in [3.63, 3.8) is 0 Å². The van der Waals surface area contributed by atoms with E-state index in [4.69, 9.17) is 0 Å². The molecule has 2 aliphatic carbocycles. The van der Waals surface area contributed by atoms with Gasteiger partial charge in [0.25, 0.3) is 0 Å². The average molecular weight is 203 g/mol. The largest absolute Gasteiger partial charge is 0.368 e. The molecular weight excluding hydrogens is 186 g/mol. The standard InChI is InChI=1S/C12H17N3/c1-9-2-5-11(15-14-9)13-8-12(6-7-12)10-3-4-10/h2,5,10H,3-4,6-8H2,1H3,(H,13,15). The van der Waals surface area contributed by atoms with Gasteiger partial charge in [0.15, 0.2) is 0 Å². The SMILES string of the molecule is Cc1ccc(NCC2(C3CC3)CC2)nn1. The predicted molar refractivity (Wildman–Crippen MR) is 59.6 cm³/mol. The lowest BCUT2D eigenvalue weighted by Crippen LogP contribution is -2.18. The Labute approximate surface area is 90.3 Å². The van der Waals surface area contributed by atoms with Crippen LogP contribution < -0.4 is 5.32 Å². The van der Waals surface area contributed by atoms with Crippen LogP contribution in [0.2, 0.25) is 0 Å². The fraction of sp³-hybridized carbons (Fsp3) is 0.667. The Morgan fingerprint density at radius 3 is 2.67 bits per heavy atom. The maximum absolute atomic E-state index is 4.13. The fourth-order valence-electron chi connectivity index (χ4n) is 2.35. The van der Waals surface area contributed by atoms with Crippen molar-refractivity contribution in [3.05, 3.63) is 17.8 Å². The Morgan fingerprint density at radius 1 is 1.33 bits per heavy atom. The third-order valence-electron chi connectivity index (χ3n) is 3.76. The molecule has 0 atom stereocenters. The highest BCUT2D eigenvalue weighted by atomic mass is 15.2. The molecule has 1 heterocycles. The van der Waals surface area contributed by atoms with Gasteiger partial charge in [-0.05, 0) is 56.1 Å². The van der Waals surface area contributed by atoms with E-state index in [2.05, 4.69) is 15.5 Å². The van der Waals surface area contributed by atoms with E-state index in [1.807, 2.05) is 19.1 Å². The third kappa shape index (κ3) is 1.83. The summed E-state index contributed by atoms with van der Waals surface area (Å²) in [6.45, 7) is 3.05. The zero-order chi connectivity index (χ0) is 10.3. The molecule has 1 aromatic rings. The molecule has 2 aliphatic rings. The van der Waals surface area contributed by atoms with E-state index in [9.17, 15) is 0 Å². The molecule has 3 nitrogen and oxygen atoms in total. The average Bonchev–Trinajstić information content (AvgIpc) is 3.10. The molecule has 0 aromatic carbocycles. The van der Waals surface area contributed by atoms with Gasteiger partial charge >= 0.3 is 0 Å². The van der Waals surface area contributed by atoms with Crippen LogP contribution in [0.4, 0.5) is 5.82 Å². The van der Waals surface area contributed by atoms with Crippen LogP contribution in [0.1, 0.15) is 31.4 Å². The monoisotopic (exact) mass is 203 g/mol. The maximum Gasteiger partial charge on any atom is 0.148 e. The zero-order valence-electron chi connectivity index (χ0n) is 9.16. The minimum Gasteiger partial charge on any atom is -0.368 e. The number of aryl methyl sites for hydroxylation is 1. The molecule has 0 radical (unpaired) electrons. The van der Waals surface area contributed by atoms with E-state index in [1.165, 1.54) is 25.7 Å². The first-order chi connectivity index (χ1) is 7.28. The van der Waals surface area contributed by atoms with Gasteiger partial charge in [0.2, 0.25) is 0 Å². The second-order valence-electron chi connectivity index (χ2n) is 5.05. The second kappa shape index (κ2) is 3.19. The Kier molecular flexibility index (Phi) is 1.94. The highest BCUT2D eigenvalue weighted by Crippen LogP contribution is 2.61. The van der Waals surface area contributed by atoms with Crippen LogP contribution in [0.3, 0.4) is 0 Å². The summed E-state index contributed by atoms with van der Waals surface area (Å²) < 4.78 is 0. The van der Waals surface area contributed by atoms with E-state index < -0.39 is 0 Å². The minimum absolute atomic E-state index is 0.632. The molecule has 2 fully saturated rings. The molecule has 2 saturated carbocycles. The van der Waals surface area contributed by atoms with Crippen molar-refractivity contribution in [1.82, 2.24) is 10.2 Å². The van der Waals surface area contributed by atoms with Crippen LogP contribution in [-0.2, 0) is 0 Å². The van der Waals surface area contributed by atoms with Crippen LogP contribution in [0.5, 0.6) is 0 Å². The molecule has 3 heteroatoms. The summed E-state index contributed by atoms with van der Waals surface area (Å²) in [6.07, 6.45) is 5.70. The summed E-state index contributed by atoms with van der Waals surface area (Å²) in [5, 5.41) is 11.6. The predicted octanol–water partition coefficient (Wildman–Crippen LogP) is 2.39. The van der Waals surface area contributed by atoms with Crippen LogP contribution >= 0.6 is 0 Å². The number of nitrogens with zero attached hydrogens (tertiary/aromatic N) is 2. The Bertz CT molecular complexity index is 350. The van der Waals surface area contributed by atoms with Gasteiger partial charge in [0.1, 0.15) is 5.82 Å². The summed E-state index contributed by atoms with van der Waals surface area (Å²) in [6, 6.07) is 4.03. The summed E-state index contributed by atoms with van der Waals surface area (Å²) in [4.78, 5) is 0. The Hall–Kier alpha value is -1.12. The molecule has 0 spiro atoms. The summed E-state index contributed by atoms with van der Waals surface area (Å²) in [7, 11) is 0. The highest BCUT2D eigenvalue weighted by molar-refractivity contribution is 5.34. The molecule has 1 aromatic heterocycles. The van der Waals surface area contributed by atoms with E-state index in [0.717, 1.165) is 24.0 Å². The minimum atomic E-state index is 0.632. The summed E-state index contributed by atoms with van der Waals surface area (Å²) in [5.74, 6) is 1.93. The maximum atomic E-state index is 4.13. The lowest BCUT2D eigenvalue weighted by Gasteiger charge is -2.14. The smallest absolute Gasteiger partial charge is 0.148 e. The zero-order valence-corrected chi connectivity index (χ0v) is 9.16. The van der Waals surface area contributed by atoms with Gasteiger partial charge in [0, 0.05) is 6.54 Å². The molecule has 15 heavy (non-hydrogen) atoms. The Morgan fingerprint density at radius 2 is 2.13 bits per heavy atom. The van der Waals surface area contributed by atoms with Crippen molar-refractivity contribution < 1.29 is 0 Å². The van der Waals surface area contributed by atoms with E-state index in [1.54, 1.807) is 0 Å². The van der Waals surface area contributed by atoms with Gasteiger partial charge in [-0.1, -0.05) is 0 Å². The molecule has 0 unspecified atom stereocenters. The lowest BCUT2D eigenvalue weighted by molar-refractivity contribution is 0.466. The van der Waals surface area contributed by atoms with Crippen molar-refractivity contribution >= 4 is 5.82 Å². The summed E-state index contributed by atoms with van der Waals surface area (Å²) in [5.41, 5.74) is 1.61. The van der Waals surface area contributed by atoms with Crippen LogP contribution in [0, 0.1) is 18.3 Å². The van der Waals surface area contributed by atoms with Crippen molar-refractivity contribution in [2.45, 2.75) is 32.6 Å². The summed E-state index contributed by atoms with van der Waals surface area (Å²) >= 11 is 0. The van der Waals surface area contributed by atoms with Gasteiger partial charge in [-0.3, -0.25) is 0 Å². The van der Waals surface area contributed by atoms with Crippen molar-refractivity contribution in [1.29, 1.82) is 0 Å². The molecule has 0 bridgehead atoms. The first kappa shape index (κ1) is 9.13. The van der Waals surface area contributed by atoms with Crippen LogP contribution in [0.25, 0.3) is 0 Å². The fourth-order valence-corrected chi connectivity index (χ4v) is 2.35. The van der Waals surface area contributed by atoms with Gasteiger partial charge < -0.3 is 5.32 Å². The van der Waals surface area contributed by atoms with Crippen LogP contribution in [0.15, 0.2) is 12.1 Å². The van der Waals surface area contributed by atoms with Gasteiger partial charge in [0.05, 0.1) is 5.69 Å². The van der Waals surface area contributed by atoms with Crippen LogP contribution in [-0.4, -0.2) is 16.7 Å². The molecule has 80 valence electrons. The first-order valence-corrected chi connectivity index (χ1v) is 5.83. The lowest BCUT2D eigenvalue weighted by atomic mass is 10.0. The molecule has 3 rings (SSSR count). The number of nitrogens with one attached hydrogen (secondary N) is 1. The number of aromatic nitrogens is 2. The van der Waals surface area contributed by atoms with E-state index >= 15 is 0 Å². The van der Waals surface area contributed by atoms with Crippen molar-refractivity contribution in [2.24, 2.45) is 11.3 Å². The van der Waals surface area contributed by atoms with Gasteiger partial charge in [-0.25, -0.2) is 0 Å². The van der Waals surface area contributed by atoms with Crippen molar-refractivity contribution in [3.8, 4) is 0 Å². The molecular formula is C12H17N3. The molecule has 0 saturated heterocycles. The third-order valence-corrected chi connectivity index (χ3v) is 3.76. The normalized spacial score (nSPS) is 22.5. The quantitative estimate of drug-likeness (QED) is 0.816.